The van der Waals surface area contributed by atoms with Gasteiger partial charge >= 0.3 is 5.97 Å². The summed E-state index contributed by atoms with van der Waals surface area (Å²) in [7, 11) is 6.50. The fraction of sp³-hybridized carbons (Fsp3) is 0.364. The molecule has 8 heteroatoms. The van der Waals surface area contributed by atoms with E-state index in [2.05, 4.69) is 14.5 Å². The molecule has 0 saturated carbocycles. The van der Waals surface area contributed by atoms with Gasteiger partial charge < -0.3 is 18.9 Å². The summed E-state index contributed by atoms with van der Waals surface area (Å²) in [5.41, 5.74) is 2.47. The van der Waals surface area contributed by atoms with E-state index in [1.165, 1.54) is 17.5 Å². The highest BCUT2D eigenvalue weighted by atomic mass is 35.5. The van der Waals surface area contributed by atoms with Gasteiger partial charge in [0.05, 0.1) is 16.9 Å². The molecule has 0 bridgehead atoms. The number of hydrogen-bond acceptors (Lipinski definition) is 7. The number of pyridine rings is 1. The highest BCUT2D eigenvalue weighted by molar-refractivity contribution is 7.17. The van der Waals surface area contributed by atoms with E-state index in [4.69, 9.17) is 21.1 Å². The van der Waals surface area contributed by atoms with Gasteiger partial charge in [0.2, 0.25) is 0 Å². The lowest BCUT2D eigenvalue weighted by Gasteiger charge is -2.07. The summed E-state index contributed by atoms with van der Waals surface area (Å²) in [5, 5.41) is 3.05. The van der Waals surface area contributed by atoms with E-state index in [1.54, 1.807) is 35.4 Å². The third kappa shape index (κ3) is 7.57. The molecule has 3 rings (SSSR count). The van der Waals surface area contributed by atoms with Crippen molar-refractivity contribution in [3.8, 4) is 5.75 Å². The van der Waals surface area contributed by atoms with Gasteiger partial charge in [-0.25, -0.2) is 9.78 Å². The number of methoxy groups -OCH3 is 2. The standard InChI is InChI=1S/C18H16ClNO3S.2C2H6O/c1-3-22-18(21)14-8-20-17(19)15-12(10-24-16(14)15)9-23-13-6-4-5-11(2)7-13;2*1-3-2/h4-8,10H,3,9H2,1-2H3;2*1-2H3. The average Bonchev–Trinajstić information content (AvgIpc) is 3.13. The molecule has 164 valence electrons. The number of esters is 1. The number of rotatable bonds is 5. The van der Waals surface area contributed by atoms with Crippen molar-refractivity contribution in [3.63, 3.8) is 0 Å². The predicted octanol–water partition coefficient (Wildman–Crippen LogP) is 5.54. The third-order valence-electron chi connectivity index (χ3n) is 3.50. The Labute approximate surface area is 186 Å². The fourth-order valence-electron chi connectivity index (χ4n) is 2.39. The predicted molar refractivity (Wildman–Crippen MR) is 122 cm³/mol. The maximum Gasteiger partial charge on any atom is 0.341 e. The summed E-state index contributed by atoms with van der Waals surface area (Å²) < 4.78 is 20.2. The molecule has 0 aliphatic heterocycles. The first kappa shape index (κ1) is 25.8. The van der Waals surface area contributed by atoms with Crippen LogP contribution in [0.3, 0.4) is 0 Å². The fourth-order valence-corrected chi connectivity index (χ4v) is 3.76. The highest BCUT2D eigenvalue weighted by Gasteiger charge is 2.18. The lowest BCUT2D eigenvalue weighted by molar-refractivity contribution is 0.0528. The lowest BCUT2D eigenvalue weighted by atomic mass is 10.2. The number of carbonyl (C=O) groups excluding carboxylic acids is 1. The average molecular weight is 454 g/mol. The number of nitrogens with zero attached hydrogens (tertiary/aromatic N) is 1. The van der Waals surface area contributed by atoms with Crippen LogP contribution >= 0.6 is 22.9 Å². The number of aromatic nitrogens is 1. The number of hydrogen-bond donors (Lipinski definition) is 0. The highest BCUT2D eigenvalue weighted by Crippen LogP contribution is 2.34. The molecule has 1 aromatic carbocycles. The summed E-state index contributed by atoms with van der Waals surface area (Å²) in [6.45, 7) is 4.46. The van der Waals surface area contributed by atoms with E-state index in [0.717, 1.165) is 27.0 Å². The normalized spacial score (nSPS) is 9.83. The molecular formula is C22H28ClNO5S. The number of fused-ring (bicyclic) bond motifs is 1. The minimum absolute atomic E-state index is 0.317. The number of carbonyl (C=O) groups is 1. The molecule has 0 fully saturated rings. The molecule has 0 spiro atoms. The van der Waals surface area contributed by atoms with Crippen LogP contribution in [0.5, 0.6) is 5.75 Å². The SMILES string of the molecule is CCOC(=O)c1cnc(Cl)c2c(COc3cccc(C)c3)csc12.COC.COC. The maximum atomic E-state index is 12.1. The summed E-state index contributed by atoms with van der Waals surface area (Å²) in [4.78, 5) is 16.2. The summed E-state index contributed by atoms with van der Waals surface area (Å²) in [5.74, 6) is 0.402. The molecule has 0 aliphatic rings. The molecule has 0 N–H and O–H groups in total. The van der Waals surface area contributed by atoms with Crippen LogP contribution in [0.4, 0.5) is 0 Å². The Hall–Kier alpha value is -2.19. The Morgan fingerprint density at radius 2 is 1.83 bits per heavy atom. The van der Waals surface area contributed by atoms with Gasteiger partial charge in [-0.2, -0.15) is 0 Å². The number of ether oxygens (including phenoxy) is 4. The van der Waals surface area contributed by atoms with Crippen LogP contribution in [0, 0.1) is 6.92 Å². The minimum atomic E-state index is -0.389. The second-order valence-corrected chi connectivity index (χ2v) is 7.31. The molecule has 0 aliphatic carbocycles. The first-order valence-electron chi connectivity index (χ1n) is 9.14. The zero-order chi connectivity index (χ0) is 22.5. The van der Waals surface area contributed by atoms with Crippen molar-refractivity contribution in [2.75, 3.05) is 35.0 Å². The van der Waals surface area contributed by atoms with Crippen LogP contribution in [0.1, 0.15) is 28.4 Å². The van der Waals surface area contributed by atoms with Crippen LogP contribution in [0.25, 0.3) is 10.1 Å². The lowest BCUT2D eigenvalue weighted by Crippen LogP contribution is -2.05. The van der Waals surface area contributed by atoms with Crippen molar-refractivity contribution in [1.29, 1.82) is 0 Å². The minimum Gasteiger partial charge on any atom is -0.489 e. The van der Waals surface area contributed by atoms with Crippen LogP contribution in [0.15, 0.2) is 35.8 Å². The Kier molecular flexibility index (Phi) is 12.0. The number of thiophene rings is 1. The molecule has 0 amide bonds. The van der Waals surface area contributed by atoms with Crippen LogP contribution in [-0.4, -0.2) is 46.0 Å². The number of benzene rings is 1. The van der Waals surface area contributed by atoms with Crippen molar-refractivity contribution in [3.05, 3.63) is 57.7 Å². The van der Waals surface area contributed by atoms with Crippen molar-refractivity contribution in [1.82, 2.24) is 4.98 Å². The topological polar surface area (TPSA) is 66.9 Å². The molecule has 3 aromatic rings. The summed E-state index contributed by atoms with van der Waals surface area (Å²) >= 11 is 7.69. The van der Waals surface area contributed by atoms with Crippen LogP contribution in [-0.2, 0) is 20.8 Å². The van der Waals surface area contributed by atoms with Crippen molar-refractivity contribution in [2.45, 2.75) is 20.5 Å². The molecular weight excluding hydrogens is 426 g/mol. The molecule has 2 aromatic heterocycles. The molecule has 30 heavy (non-hydrogen) atoms. The van der Waals surface area contributed by atoms with Crippen LogP contribution in [0.2, 0.25) is 5.15 Å². The van der Waals surface area contributed by atoms with Crippen molar-refractivity contribution >= 4 is 39.0 Å². The molecule has 2 heterocycles. The molecule has 0 radical (unpaired) electrons. The van der Waals surface area contributed by atoms with E-state index in [9.17, 15) is 4.79 Å². The first-order chi connectivity index (χ1) is 14.4. The quantitative estimate of drug-likeness (QED) is 0.373. The third-order valence-corrected chi connectivity index (χ3v) is 4.85. The maximum absolute atomic E-state index is 12.1. The van der Waals surface area contributed by atoms with E-state index in [0.29, 0.717) is 23.9 Å². The largest absolute Gasteiger partial charge is 0.489 e. The second-order valence-electron chi connectivity index (χ2n) is 6.07. The summed E-state index contributed by atoms with van der Waals surface area (Å²) in [6.07, 6.45) is 1.46. The Bertz CT molecular complexity index is 927. The van der Waals surface area contributed by atoms with Gasteiger partial charge in [0, 0.05) is 45.6 Å². The number of halogens is 1. The Balaban J connectivity index is 0.000000672. The van der Waals surface area contributed by atoms with Gasteiger partial charge in [0.1, 0.15) is 17.5 Å². The van der Waals surface area contributed by atoms with E-state index in [-0.39, 0.29) is 5.97 Å². The Morgan fingerprint density at radius 3 is 2.43 bits per heavy atom. The monoisotopic (exact) mass is 453 g/mol. The van der Waals surface area contributed by atoms with Gasteiger partial charge in [-0.15, -0.1) is 11.3 Å². The van der Waals surface area contributed by atoms with Gasteiger partial charge in [-0.3, -0.25) is 0 Å². The van der Waals surface area contributed by atoms with E-state index < -0.39 is 0 Å². The van der Waals surface area contributed by atoms with Gasteiger partial charge in [-0.05, 0) is 36.9 Å². The van der Waals surface area contributed by atoms with Crippen molar-refractivity contribution < 1.29 is 23.7 Å². The van der Waals surface area contributed by atoms with Gasteiger partial charge in [0.15, 0.2) is 0 Å². The Morgan fingerprint density at radius 1 is 1.17 bits per heavy atom. The van der Waals surface area contributed by atoms with Crippen LogP contribution < -0.4 is 4.74 Å². The second kappa shape index (κ2) is 13.9. The van der Waals surface area contributed by atoms with Crippen molar-refractivity contribution in [2.24, 2.45) is 0 Å². The molecule has 0 unspecified atom stereocenters. The van der Waals surface area contributed by atoms with E-state index in [1.807, 2.05) is 36.6 Å². The molecule has 0 atom stereocenters. The summed E-state index contributed by atoms with van der Waals surface area (Å²) in [6, 6.07) is 7.84. The molecule has 0 saturated heterocycles. The zero-order valence-corrected chi connectivity index (χ0v) is 19.7. The molecule has 6 nitrogen and oxygen atoms in total. The zero-order valence-electron chi connectivity index (χ0n) is 18.2. The van der Waals surface area contributed by atoms with E-state index >= 15 is 0 Å². The number of aryl methyl sites for hydroxylation is 1. The van der Waals surface area contributed by atoms with Gasteiger partial charge in [0.25, 0.3) is 0 Å². The first-order valence-corrected chi connectivity index (χ1v) is 10.4. The smallest absolute Gasteiger partial charge is 0.341 e. The van der Waals surface area contributed by atoms with Gasteiger partial charge in [-0.1, -0.05) is 23.7 Å².